The number of halogens is 1. The van der Waals surface area contributed by atoms with Crippen molar-refractivity contribution in [3.05, 3.63) is 28.6 Å². The highest BCUT2D eigenvalue weighted by molar-refractivity contribution is 9.10. The molecule has 0 aliphatic rings. The van der Waals surface area contributed by atoms with Crippen LogP contribution in [0.3, 0.4) is 0 Å². The van der Waals surface area contributed by atoms with E-state index in [1.807, 2.05) is 0 Å². The quantitative estimate of drug-likeness (QED) is 0.908. The van der Waals surface area contributed by atoms with Crippen LogP contribution in [0.5, 0.6) is 0 Å². The molecule has 2 heterocycles. The zero-order chi connectivity index (χ0) is 15.5. The minimum atomic E-state index is -0.103. The van der Waals surface area contributed by atoms with E-state index in [1.165, 1.54) is 0 Å². The van der Waals surface area contributed by atoms with E-state index in [1.54, 1.807) is 18.5 Å². The van der Waals surface area contributed by atoms with Crippen LogP contribution in [-0.2, 0) is 5.41 Å². The number of hydrogen-bond acceptors (Lipinski definition) is 5. The smallest absolute Gasteiger partial charge is 0.200 e. The molecule has 2 aromatic heterocycles. The van der Waals surface area contributed by atoms with Crippen molar-refractivity contribution in [3.63, 3.8) is 0 Å². The van der Waals surface area contributed by atoms with Crippen LogP contribution in [0.1, 0.15) is 39.8 Å². The first-order chi connectivity index (χ1) is 9.93. The molecule has 0 unspecified atom stereocenters. The molecular formula is C15H20BrN5. The largest absolute Gasteiger partial charge is 0.369 e. The first-order valence-corrected chi connectivity index (χ1v) is 7.82. The summed E-state index contributed by atoms with van der Waals surface area (Å²) in [6.45, 7) is 9.35. The van der Waals surface area contributed by atoms with Crippen LogP contribution in [0, 0.1) is 0 Å². The topological polar surface area (TPSA) is 63.6 Å². The van der Waals surface area contributed by atoms with Crippen molar-refractivity contribution in [2.45, 2.75) is 39.5 Å². The first kappa shape index (κ1) is 15.8. The fourth-order valence-electron chi connectivity index (χ4n) is 1.82. The van der Waals surface area contributed by atoms with Crippen molar-refractivity contribution in [2.24, 2.45) is 0 Å². The highest BCUT2D eigenvalue weighted by atomic mass is 79.9. The van der Waals surface area contributed by atoms with Crippen LogP contribution in [-0.4, -0.2) is 26.5 Å². The molecule has 5 nitrogen and oxygen atoms in total. The van der Waals surface area contributed by atoms with Crippen LogP contribution in [0.2, 0.25) is 0 Å². The van der Waals surface area contributed by atoms with E-state index >= 15 is 0 Å². The fraction of sp³-hybridized carbons (Fsp3) is 0.467. The van der Waals surface area contributed by atoms with Crippen LogP contribution in [0.25, 0.3) is 11.6 Å². The Balaban J connectivity index is 2.56. The molecule has 6 heteroatoms. The minimum absolute atomic E-state index is 0.103. The van der Waals surface area contributed by atoms with Gasteiger partial charge in [0.2, 0.25) is 0 Å². The molecule has 0 bridgehead atoms. The van der Waals surface area contributed by atoms with Gasteiger partial charge in [-0.3, -0.25) is 0 Å². The lowest BCUT2D eigenvalue weighted by atomic mass is 9.92. The molecule has 0 amide bonds. The third-order valence-electron chi connectivity index (χ3n) is 2.87. The van der Waals surface area contributed by atoms with Gasteiger partial charge in [0, 0.05) is 24.4 Å². The molecule has 2 rings (SSSR count). The van der Waals surface area contributed by atoms with E-state index in [0.29, 0.717) is 11.6 Å². The average molecular weight is 350 g/mol. The lowest BCUT2D eigenvalue weighted by molar-refractivity contribution is 0.564. The van der Waals surface area contributed by atoms with Gasteiger partial charge in [0.25, 0.3) is 0 Å². The third-order valence-corrected chi connectivity index (χ3v) is 3.62. The second-order valence-corrected chi connectivity index (χ2v) is 6.60. The molecule has 1 N–H and O–H groups in total. The lowest BCUT2D eigenvalue weighted by Gasteiger charge is -2.21. The number of rotatable bonds is 4. The van der Waals surface area contributed by atoms with Crippen LogP contribution >= 0.6 is 15.9 Å². The summed E-state index contributed by atoms with van der Waals surface area (Å²) in [6, 6.07) is 1.78. The van der Waals surface area contributed by atoms with Crippen molar-refractivity contribution in [1.29, 1.82) is 0 Å². The predicted octanol–water partition coefficient (Wildman–Crippen LogP) is 3.82. The second kappa shape index (κ2) is 6.47. The van der Waals surface area contributed by atoms with E-state index in [0.717, 1.165) is 29.0 Å². The summed E-state index contributed by atoms with van der Waals surface area (Å²) in [7, 11) is 0. The molecule has 21 heavy (non-hydrogen) atoms. The zero-order valence-electron chi connectivity index (χ0n) is 12.8. The third kappa shape index (κ3) is 3.75. The highest BCUT2D eigenvalue weighted by Crippen LogP contribution is 2.33. The second-order valence-electron chi connectivity index (χ2n) is 5.81. The van der Waals surface area contributed by atoms with E-state index in [-0.39, 0.29) is 5.41 Å². The molecule has 0 spiro atoms. The minimum Gasteiger partial charge on any atom is -0.369 e. The van der Waals surface area contributed by atoms with Crippen LogP contribution < -0.4 is 5.32 Å². The SMILES string of the molecule is CCCNc1nc(-c2ncccn2)nc(C(C)(C)C)c1Br. The van der Waals surface area contributed by atoms with Crippen molar-refractivity contribution < 1.29 is 0 Å². The van der Waals surface area contributed by atoms with Crippen molar-refractivity contribution in [2.75, 3.05) is 11.9 Å². The maximum Gasteiger partial charge on any atom is 0.200 e. The number of anilines is 1. The Morgan fingerprint density at radius 2 is 1.76 bits per heavy atom. The van der Waals surface area contributed by atoms with E-state index in [4.69, 9.17) is 0 Å². The molecule has 0 aromatic carbocycles. The molecule has 0 fully saturated rings. The summed E-state index contributed by atoms with van der Waals surface area (Å²) >= 11 is 3.63. The number of hydrogen-bond donors (Lipinski definition) is 1. The van der Waals surface area contributed by atoms with Gasteiger partial charge in [0.15, 0.2) is 11.6 Å². The first-order valence-electron chi connectivity index (χ1n) is 7.02. The summed E-state index contributed by atoms with van der Waals surface area (Å²) < 4.78 is 0.906. The number of aromatic nitrogens is 4. The molecule has 0 aliphatic heterocycles. The van der Waals surface area contributed by atoms with Crippen molar-refractivity contribution >= 4 is 21.7 Å². The van der Waals surface area contributed by atoms with Gasteiger partial charge in [-0.25, -0.2) is 19.9 Å². The molecule has 0 radical (unpaired) electrons. The van der Waals surface area contributed by atoms with Crippen molar-refractivity contribution in [3.8, 4) is 11.6 Å². The molecule has 112 valence electrons. The van der Waals surface area contributed by atoms with Gasteiger partial charge >= 0.3 is 0 Å². The molecule has 0 saturated carbocycles. The Kier molecular flexibility index (Phi) is 4.88. The fourth-order valence-corrected chi connectivity index (χ4v) is 2.73. The summed E-state index contributed by atoms with van der Waals surface area (Å²) in [5.74, 6) is 1.87. The van der Waals surface area contributed by atoms with E-state index < -0.39 is 0 Å². The van der Waals surface area contributed by atoms with Gasteiger partial charge in [0.05, 0.1) is 10.2 Å². The van der Waals surface area contributed by atoms with E-state index in [2.05, 4.69) is 68.9 Å². The molecule has 0 saturated heterocycles. The van der Waals surface area contributed by atoms with Gasteiger partial charge in [0.1, 0.15) is 5.82 Å². The molecule has 2 aromatic rings. The predicted molar refractivity (Wildman–Crippen MR) is 88.2 cm³/mol. The summed E-state index contributed by atoms with van der Waals surface area (Å²) in [4.78, 5) is 17.7. The monoisotopic (exact) mass is 349 g/mol. The van der Waals surface area contributed by atoms with E-state index in [9.17, 15) is 0 Å². The Labute approximate surface area is 133 Å². The number of nitrogens with zero attached hydrogens (tertiary/aromatic N) is 4. The lowest BCUT2D eigenvalue weighted by Crippen LogP contribution is -2.18. The maximum atomic E-state index is 4.66. The van der Waals surface area contributed by atoms with Crippen LogP contribution in [0.4, 0.5) is 5.82 Å². The average Bonchev–Trinajstić information content (AvgIpc) is 2.46. The summed E-state index contributed by atoms with van der Waals surface area (Å²) in [5.41, 5.74) is 0.840. The Morgan fingerprint density at radius 3 is 2.33 bits per heavy atom. The molecule has 0 aliphatic carbocycles. The molecule has 0 atom stereocenters. The summed E-state index contributed by atoms with van der Waals surface area (Å²) in [5, 5.41) is 3.33. The molecular weight excluding hydrogens is 330 g/mol. The van der Waals surface area contributed by atoms with Crippen LogP contribution in [0.15, 0.2) is 22.9 Å². The summed E-state index contributed by atoms with van der Waals surface area (Å²) in [6.07, 6.45) is 4.42. The Hall–Kier alpha value is -1.56. The standard InChI is InChI=1S/C15H20BrN5/c1-5-7-17-12-10(16)11(15(2,3)4)20-14(21-12)13-18-8-6-9-19-13/h6,8-9H,5,7H2,1-4H3,(H,17,20,21). The van der Waals surface area contributed by atoms with Gasteiger partial charge in [-0.1, -0.05) is 27.7 Å². The van der Waals surface area contributed by atoms with Gasteiger partial charge in [-0.2, -0.15) is 0 Å². The van der Waals surface area contributed by atoms with Crippen molar-refractivity contribution in [1.82, 2.24) is 19.9 Å². The maximum absolute atomic E-state index is 4.66. The van der Waals surface area contributed by atoms with Gasteiger partial charge in [-0.15, -0.1) is 0 Å². The normalized spacial score (nSPS) is 11.5. The van der Waals surface area contributed by atoms with Gasteiger partial charge < -0.3 is 5.32 Å². The Bertz CT molecular complexity index is 607. The highest BCUT2D eigenvalue weighted by Gasteiger charge is 2.24. The number of nitrogens with one attached hydrogen (secondary N) is 1. The Morgan fingerprint density at radius 1 is 1.10 bits per heavy atom. The van der Waals surface area contributed by atoms with Gasteiger partial charge in [-0.05, 0) is 28.4 Å². The zero-order valence-corrected chi connectivity index (χ0v) is 14.4.